The molecule has 4 aromatic carbocycles. The normalized spacial score (nSPS) is 24.5. The maximum atomic E-state index is 15.7. The van der Waals surface area contributed by atoms with Gasteiger partial charge in [0, 0.05) is 36.8 Å². The zero-order chi connectivity index (χ0) is 66.6. The highest BCUT2D eigenvalue weighted by Crippen LogP contribution is 2.50. The number of fused-ring (bicyclic) bond motifs is 7. The van der Waals surface area contributed by atoms with Gasteiger partial charge in [0.15, 0.2) is 52.2 Å². The van der Waals surface area contributed by atoms with Crippen LogP contribution in [0.5, 0.6) is 17.2 Å². The number of hydrogen-bond donors (Lipinski definition) is 2. The van der Waals surface area contributed by atoms with E-state index in [0.717, 1.165) is 65.5 Å². The lowest BCUT2D eigenvalue weighted by atomic mass is 9.84. The highest BCUT2D eigenvalue weighted by Gasteiger charge is 2.63. The second kappa shape index (κ2) is 31.2. The van der Waals surface area contributed by atoms with Crippen LogP contribution in [0.2, 0.25) is 59.4 Å². The Morgan fingerprint density at radius 3 is 1.91 bits per heavy atom. The van der Waals surface area contributed by atoms with Gasteiger partial charge in [0.2, 0.25) is 5.91 Å². The Balaban J connectivity index is 1.39. The fourth-order valence-electron chi connectivity index (χ4n) is 13.0. The smallest absolute Gasteiger partial charge is 0.338 e. The summed E-state index contributed by atoms with van der Waals surface area (Å²) < 4.78 is 70.9. The predicted molar refractivity (Wildman–Crippen MR) is 365 cm³/mol. The van der Waals surface area contributed by atoms with Crippen LogP contribution in [0.3, 0.4) is 0 Å². The summed E-state index contributed by atoms with van der Waals surface area (Å²) >= 11 is 7.64. The van der Waals surface area contributed by atoms with Gasteiger partial charge in [-0.25, -0.2) is 9.59 Å². The van der Waals surface area contributed by atoms with E-state index in [2.05, 4.69) is 96.6 Å². The van der Waals surface area contributed by atoms with Gasteiger partial charge >= 0.3 is 11.9 Å². The van der Waals surface area contributed by atoms with Crippen LogP contribution in [0.25, 0.3) is 0 Å². The number of esters is 2. The first-order chi connectivity index (χ1) is 44.2. The largest absolute Gasteiger partial charge is 0.543 e. The zero-order valence-electron chi connectivity index (χ0n) is 56.1. The van der Waals surface area contributed by atoms with Crippen LogP contribution in [0.1, 0.15) is 136 Å². The highest BCUT2D eigenvalue weighted by atomic mass is 35.5. The molecular weight excluding hydrogens is 1240 g/mol. The molecule has 20 heteroatoms. The Morgan fingerprint density at radius 1 is 0.728 bits per heavy atom. The van der Waals surface area contributed by atoms with E-state index >= 15 is 4.79 Å². The Hall–Kier alpha value is -6.50. The van der Waals surface area contributed by atoms with Crippen molar-refractivity contribution in [2.75, 3.05) is 27.4 Å². The maximum Gasteiger partial charge on any atom is 0.338 e. The summed E-state index contributed by atoms with van der Waals surface area (Å²) in [5, 5.41) is 6.38. The number of ether oxygens (including phenoxy) is 7. The number of rotatable bonds is 25. The average molecular weight is 1330 g/mol. The molecule has 2 aliphatic heterocycles. The molecule has 16 nitrogen and oxygen atoms in total. The third-order valence-electron chi connectivity index (χ3n) is 19.7. The molecule has 4 bridgehead atoms. The van der Waals surface area contributed by atoms with E-state index in [9.17, 15) is 14.4 Å². The number of halogens is 1. The Bertz CT molecular complexity index is 3450. The highest BCUT2D eigenvalue weighted by molar-refractivity contribution is 6.75. The molecule has 494 valence electrons. The summed E-state index contributed by atoms with van der Waals surface area (Å²) in [7, 11) is -4.91. The molecule has 0 aromatic heterocycles. The molecule has 4 aliphatic rings. The SMILES string of the molecule is CC[Si](CC)(CC)Oc1c(C)ccc(C)c1C(=O)N[C@@H]1CO[C@@H](O[C@@]23C(=CC[C@H]2OC(=O)c2ccccc2)C#C/C2=C/CNC(=O)C[C@@H](OC(=O)c4ccccc4)c4ccc(OC)c(c4Cl)O[C@@H]3C#C[C@H]2OC)[C@H](O[Si](CC)(CC)CC)[C@]1(C)O[Si](CC)(CC)CC. The first-order valence-corrected chi connectivity index (χ1v) is 40.7. The van der Waals surface area contributed by atoms with Gasteiger partial charge < -0.3 is 57.1 Å². The molecule has 2 heterocycles. The van der Waals surface area contributed by atoms with Crippen molar-refractivity contribution in [2.24, 2.45) is 0 Å². The van der Waals surface area contributed by atoms with Crippen LogP contribution in [-0.4, -0.2) is 124 Å². The Morgan fingerprint density at radius 2 is 1.33 bits per heavy atom. The van der Waals surface area contributed by atoms with E-state index in [1.807, 2.05) is 45.0 Å². The first-order valence-electron chi connectivity index (χ1n) is 32.7. The van der Waals surface area contributed by atoms with Crippen molar-refractivity contribution >= 4 is 60.3 Å². The van der Waals surface area contributed by atoms with E-state index in [1.165, 1.54) is 14.2 Å². The van der Waals surface area contributed by atoms with Gasteiger partial charge in [0.1, 0.15) is 29.7 Å². The van der Waals surface area contributed by atoms with Gasteiger partial charge in [-0.1, -0.05) is 158 Å². The lowest BCUT2D eigenvalue weighted by Crippen LogP contribution is -2.73. The number of carbonyl (C=O) groups is 4. The molecule has 1 saturated heterocycles. The Kier molecular flexibility index (Phi) is 24.2. The van der Waals surface area contributed by atoms with Gasteiger partial charge in [0.05, 0.1) is 47.9 Å². The number of amides is 2. The molecule has 4 aromatic rings. The van der Waals surface area contributed by atoms with E-state index in [1.54, 1.807) is 72.8 Å². The van der Waals surface area contributed by atoms with E-state index in [-0.39, 0.29) is 65.1 Å². The summed E-state index contributed by atoms with van der Waals surface area (Å²) in [4.78, 5) is 58.6. The monoisotopic (exact) mass is 1330 g/mol. The quantitative estimate of drug-likeness (QED) is 0.0363. The molecule has 0 unspecified atom stereocenters. The average Bonchev–Trinajstić information content (AvgIpc) is 1.30. The lowest BCUT2D eigenvalue weighted by molar-refractivity contribution is -0.310. The van der Waals surface area contributed by atoms with Crippen LogP contribution in [0.15, 0.2) is 108 Å². The summed E-state index contributed by atoms with van der Waals surface area (Å²) in [6.45, 7) is 25.3. The van der Waals surface area contributed by atoms with Crippen molar-refractivity contribution in [3.05, 3.63) is 147 Å². The van der Waals surface area contributed by atoms with E-state index in [0.29, 0.717) is 22.5 Å². The molecular formula is C72H93ClN2O14Si3. The van der Waals surface area contributed by atoms with Crippen LogP contribution >= 0.6 is 11.6 Å². The maximum absolute atomic E-state index is 15.7. The van der Waals surface area contributed by atoms with Crippen LogP contribution in [0, 0.1) is 37.5 Å². The van der Waals surface area contributed by atoms with Crippen molar-refractivity contribution in [3.8, 4) is 40.9 Å². The predicted octanol–water partition coefficient (Wildman–Crippen LogP) is 14.1. The molecule has 2 amide bonds. The minimum absolute atomic E-state index is 0.0268. The van der Waals surface area contributed by atoms with Crippen LogP contribution in [-0.2, 0) is 37.3 Å². The number of benzene rings is 4. The fraction of sp³-hybridized carbons (Fsp3) is 0.500. The molecule has 0 saturated carbocycles. The number of nitrogens with one attached hydrogen (secondary N) is 2. The number of aryl methyl sites for hydroxylation is 2. The second-order valence-electron chi connectivity index (χ2n) is 24.4. The molecule has 1 fully saturated rings. The number of carbonyl (C=O) groups excluding carboxylic acids is 4. The summed E-state index contributed by atoms with van der Waals surface area (Å²) in [5.41, 5.74) is 0.101. The molecule has 92 heavy (non-hydrogen) atoms. The number of methoxy groups -OCH3 is 2. The summed E-state index contributed by atoms with van der Waals surface area (Å²) in [6, 6.07) is 30.5. The van der Waals surface area contributed by atoms with Crippen molar-refractivity contribution in [1.29, 1.82) is 0 Å². The van der Waals surface area contributed by atoms with Gasteiger partial charge in [-0.05, 0) is 123 Å². The van der Waals surface area contributed by atoms with Crippen molar-refractivity contribution < 1.29 is 65.6 Å². The molecule has 0 spiro atoms. The van der Waals surface area contributed by atoms with Crippen molar-refractivity contribution in [1.82, 2.24) is 10.6 Å². The Labute approximate surface area is 552 Å². The molecule has 9 atom stereocenters. The van der Waals surface area contributed by atoms with Crippen LogP contribution in [0.4, 0.5) is 0 Å². The van der Waals surface area contributed by atoms with Crippen molar-refractivity contribution in [2.45, 2.75) is 204 Å². The van der Waals surface area contributed by atoms with Gasteiger partial charge in [-0.15, -0.1) is 0 Å². The first kappa shape index (κ1) is 71.4. The van der Waals surface area contributed by atoms with Gasteiger partial charge in [-0.3, -0.25) is 9.59 Å². The van der Waals surface area contributed by atoms with Gasteiger partial charge in [-0.2, -0.15) is 0 Å². The molecule has 2 N–H and O–H groups in total. The summed E-state index contributed by atoms with van der Waals surface area (Å²) in [6.07, 6.45) is -4.29. The standard InChI is InChI=1S/C72H93ClN2O14Si3/c1-15-90(16-2,17-3)87-64-49(11)35-34-48(10)62(64)67(77)75-58-47-82-70(66(88-91(18-4,19-5)20-6)71(58,12)89-92(21-7,22-8)23-9)86-72-53(38-42-60(72)85-69(79)52-32-28-25-29-33-52)37-36-50-44-45-74-61(76)46-57(83-68(78)51-30-26-24-27-31-51)54-39-40-56(81-14)65(63(54)73)84-59(72)43-41-55(50)80-13/h24-35,38-40,44,55,57-60,66,70H,15-23,42,45-47H2,1-14H3,(H,74,76)(H,75,77)/b50-44-/t55-,57-,58-,59-,60-,66+,70+,71-,72-/m1/s1. The van der Waals surface area contributed by atoms with E-state index < -0.39 is 96.9 Å². The topological polar surface area (TPSA) is 185 Å². The van der Waals surface area contributed by atoms with Gasteiger partial charge in [0.25, 0.3) is 14.2 Å². The molecule has 2 aliphatic carbocycles. The van der Waals surface area contributed by atoms with Crippen LogP contribution < -0.4 is 24.5 Å². The van der Waals surface area contributed by atoms with E-state index in [4.69, 9.17) is 58.0 Å². The second-order valence-corrected chi connectivity index (χ2v) is 38.9. The third kappa shape index (κ3) is 14.9. The van der Waals surface area contributed by atoms with Crippen molar-refractivity contribution in [3.63, 3.8) is 0 Å². The number of hydrogen-bond acceptors (Lipinski definition) is 14. The lowest BCUT2D eigenvalue weighted by Gasteiger charge is -2.56. The fourth-order valence-corrected chi connectivity index (χ4v) is 22.0. The summed E-state index contributed by atoms with van der Waals surface area (Å²) in [5.74, 6) is 12.0. The minimum atomic E-state index is -2.80. The third-order valence-corrected chi connectivity index (χ3v) is 34.0. The molecule has 0 radical (unpaired) electrons. The molecule has 8 rings (SSSR count). The zero-order valence-corrected chi connectivity index (χ0v) is 59.8. The minimum Gasteiger partial charge on any atom is -0.543 e.